The lowest BCUT2D eigenvalue weighted by atomic mass is 10.1. The number of para-hydroxylation sites is 2. The monoisotopic (exact) mass is 346 g/mol. The van der Waals surface area contributed by atoms with Gasteiger partial charge in [0.1, 0.15) is 5.82 Å². The molecule has 0 fully saturated rings. The Morgan fingerprint density at radius 3 is 2.15 bits per heavy atom. The van der Waals surface area contributed by atoms with Crippen molar-refractivity contribution in [2.75, 3.05) is 0 Å². The molecule has 6 nitrogen and oxygen atoms in total. The average Bonchev–Trinajstić information content (AvgIpc) is 3.05. The summed E-state index contributed by atoms with van der Waals surface area (Å²) in [5.74, 6) is -1.64. The Kier molecular flexibility index (Phi) is 3.58. The van der Waals surface area contributed by atoms with Gasteiger partial charge in [-0.25, -0.2) is 4.98 Å². The van der Waals surface area contributed by atoms with Crippen molar-refractivity contribution in [1.82, 2.24) is 9.55 Å². The van der Waals surface area contributed by atoms with Crippen LogP contribution in [0.1, 0.15) is 10.4 Å². The van der Waals surface area contributed by atoms with E-state index in [-0.39, 0.29) is 11.7 Å². The van der Waals surface area contributed by atoms with Gasteiger partial charge < -0.3 is 15.3 Å². The van der Waals surface area contributed by atoms with Gasteiger partial charge in [-0.3, -0.25) is 9.36 Å². The quantitative estimate of drug-likeness (QED) is 0.483. The number of phenolic OH excluding ortho intramolecular Hbond substituents is 3. The van der Waals surface area contributed by atoms with Gasteiger partial charge >= 0.3 is 0 Å². The van der Waals surface area contributed by atoms with Crippen molar-refractivity contribution in [3.63, 3.8) is 0 Å². The van der Waals surface area contributed by atoms with Crippen molar-refractivity contribution in [3.05, 3.63) is 72.3 Å². The zero-order chi connectivity index (χ0) is 18.3. The molecule has 3 N–H and O–H groups in total. The Morgan fingerprint density at radius 2 is 1.46 bits per heavy atom. The van der Waals surface area contributed by atoms with Crippen molar-refractivity contribution in [1.29, 1.82) is 0 Å². The first-order valence-corrected chi connectivity index (χ1v) is 7.89. The molecule has 0 unspecified atom stereocenters. The van der Waals surface area contributed by atoms with E-state index in [1.807, 2.05) is 12.1 Å². The van der Waals surface area contributed by atoms with Gasteiger partial charge in [0.25, 0.3) is 5.91 Å². The summed E-state index contributed by atoms with van der Waals surface area (Å²) in [6.45, 7) is 0. The fourth-order valence-corrected chi connectivity index (χ4v) is 2.87. The van der Waals surface area contributed by atoms with Gasteiger partial charge in [-0.2, -0.15) is 0 Å². The minimum absolute atomic E-state index is 0.255. The Balaban J connectivity index is 2.00. The molecule has 6 heteroatoms. The molecule has 0 aliphatic heterocycles. The van der Waals surface area contributed by atoms with Crippen molar-refractivity contribution < 1.29 is 20.1 Å². The van der Waals surface area contributed by atoms with E-state index in [9.17, 15) is 20.1 Å². The van der Waals surface area contributed by atoms with Crippen LogP contribution in [0.4, 0.5) is 0 Å². The van der Waals surface area contributed by atoms with Crippen LogP contribution in [0, 0.1) is 0 Å². The number of aromatic hydroxyl groups is 3. The number of hydrogen-bond donors (Lipinski definition) is 3. The molecular formula is C20H14N2O4. The third-order valence-electron chi connectivity index (χ3n) is 4.11. The van der Waals surface area contributed by atoms with Crippen LogP contribution in [-0.2, 0) is 0 Å². The molecule has 0 amide bonds. The normalized spacial score (nSPS) is 10.9. The largest absolute Gasteiger partial charge is 0.504 e. The molecule has 26 heavy (non-hydrogen) atoms. The summed E-state index contributed by atoms with van der Waals surface area (Å²) in [4.78, 5) is 17.6. The molecule has 1 heterocycles. The second-order valence-electron chi connectivity index (χ2n) is 5.79. The molecular weight excluding hydrogens is 332 g/mol. The molecule has 0 spiro atoms. The summed E-state index contributed by atoms with van der Waals surface area (Å²) < 4.78 is 1.43. The maximum absolute atomic E-state index is 13.1. The van der Waals surface area contributed by atoms with Crippen LogP contribution in [0.2, 0.25) is 0 Å². The van der Waals surface area contributed by atoms with E-state index >= 15 is 0 Å². The molecule has 0 saturated heterocycles. The standard InChI is InChI=1S/C20H14N2O4/c23-16-10-13(11-17(24)18(16)25)19-21-14-8-4-5-9-15(14)22(19)20(26)12-6-2-1-3-7-12/h1-11,23-25H. The Morgan fingerprint density at radius 1 is 0.846 bits per heavy atom. The number of carbonyl (C=O) groups is 1. The highest BCUT2D eigenvalue weighted by Gasteiger charge is 2.21. The van der Waals surface area contributed by atoms with Gasteiger partial charge in [0.15, 0.2) is 17.2 Å². The summed E-state index contributed by atoms with van der Waals surface area (Å²) in [7, 11) is 0. The fraction of sp³-hybridized carbons (Fsp3) is 0. The van der Waals surface area contributed by atoms with Gasteiger partial charge in [0, 0.05) is 11.1 Å². The summed E-state index contributed by atoms with van der Waals surface area (Å²) in [5, 5.41) is 29.2. The van der Waals surface area contributed by atoms with E-state index in [0.29, 0.717) is 22.2 Å². The minimum atomic E-state index is -0.620. The highest BCUT2D eigenvalue weighted by molar-refractivity contribution is 6.04. The van der Waals surface area contributed by atoms with Crippen LogP contribution in [0.5, 0.6) is 17.2 Å². The van der Waals surface area contributed by atoms with Crippen LogP contribution >= 0.6 is 0 Å². The van der Waals surface area contributed by atoms with Gasteiger partial charge in [-0.15, -0.1) is 0 Å². The van der Waals surface area contributed by atoms with Crippen molar-refractivity contribution in [2.45, 2.75) is 0 Å². The minimum Gasteiger partial charge on any atom is -0.504 e. The van der Waals surface area contributed by atoms with E-state index in [0.717, 1.165) is 0 Å². The molecule has 3 aromatic carbocycles. The van der Waals surface area contributed by atoms with Gasteiger partial charge in [-0.1, -0.05) is 30.3 Å². The Bertz CT molecular complexity index is 1110. The topological polar surface area (TPSA) is 95.6 Å². The zero-order valence-electron chi connectivity index (χ0n) is 13.5. The van der Waals surface area contributed by atoms with Crippen LogP contribution in [0.25, 0.3) is 22.4 Å². The maximum Gasteiger partial charge on any atom is 0.264 e. The molecule has 4 aromatic rings. The molecule has 0 bridgehead atoms. The summed E-state index contributed by atoms with van der Waals surface area (Å²) in [5.41, 5.74) is 1.98. The highest BCUT2D eigenvalue weighted by Crippen LogP contribution is 2.39. The van der Waals surface area contributed by atoms with Gasteiger partial charge in [-0.05, 0) is 36.4 Å². The summed E-state index contributed by atoms with van der Waals surface area (Å²) >= 11 is 0. The average molecular weight is 346 g/mol. The number of rotatable bonds is 2. The number of carbonyl (C=O) groups excluding carboxylic acids is 1. The number of aromatic nitrogens is 2. The number of imidazole rings is 1. The SMILES string of the molecule is O=C(c1ccccc1)n1c(-c2cc(O)c(O)c(O)c2)nc2ccccc21. The van der Waals surface area contributed by atoms with Gasteiger partial charge in [0.2, 0.25) is 0 Å². The number of nitrogens with zero attached hydrogens (tertiary/aromatic N) is 2. The first kappa shape index (κ1) is 15.7. The number of fused-ring (bicyclic) bond motifs is 1. The first-order chi connectivity index (χ1) is 12.6. The van der Waals surface area contributed by atoms with Crippen molar-refractivity contribution >= 4 is 16.9 Å². The second-order valence-corrected chi connectivity index (χ2v) is 5.79. The molecule has 1 aromatic heterocycles. The summed E-state index contributed by atoms with van der Waals surface area (Å²) in [6, 6.07) is 18.4. The third kappa shape index (κ3) is 2.44. The van der Waals surface area contributed by atoms with E-state index in [1.54, 1.807) is 42.5 Å². The molecule has 0 saturated carbocycles. The smallest absolute Gasteiger partial charge is 0.264 e. The molecule has 128 valence electrons. The molecule has 0 aliphatic rings. The van der Waals surface area contributed by atoms with Crippen LogP contribution < -0.4 is 0 Å². The van der Waals surface area contributed by atoms with E-state index in [2.05, 4.69) is 4.98 Å². The third-order valence-corrected chi connectivity index (χ3v) is 4.11. The highest BCUT2D eigenvalue weighted by atomic mass is 16.3. The summed E-state index contributed by atoms with van der Waals surface area (Å²) in [6.07, 6.45) is 0. The van der Waals surface area contributed by atoms with Crippen LogP contribution in [0.15, 0.2) is 66.7 Å². The predicted molar refractivity (Wildman–Crippen MR) is 96.3 cm³/mol. The number of benzene rings is 3. The lowest BCUT2D eigenvalue weighted by molar-refractivity contribution is 0.0966. The molecule has 4 rings (SSSR count). The predicted octanol–water partition coefficient (Wildman–Crippen LogP) is 3.51. The molecule has 0 radical (unpaired) electrons. The van der Waals surface area contributed by atoms with Gasteiger partial charge in [0.05, 0.1) is 11.0 Å². The fourth-order valence-electron chi connectivity index (χ4n) is 2.87. The maximum atomic E-state index is 13.1. The molecule has 0 aliphatic carbocycles. The first-order valence-electron chi connectivity index (χ1n) is 7.89. The number of hydrogen-bond acceptors (Lipinski definition) is 5. The molecule has 0 atom stereocenters. The van der Waals surface area contributed by atoms with E-state index < -0.39 is 17.2 Å². The van der Waals surface area contributed by atoms with Crippen LogP contribution in [0.3, 0.4) is 0 Å². The lowest BCUT2D eigenvalue weighted by Crippen LogP contribution is -2.13. The number of phenols is 3. The van der Waals surface area contributed by atoms with Crippen LogP contribution in [-0.4, -0.2) is 30.8 Å². The zero-order valence-corrected chi connectivity index (χ0v) is 13.5. The van der Waals surface area contributed by atoms with Crippen molar-refractivity contribution in [3.8, 4) is 28.6 Å². The van der Waals surface area contributed by atoms with Crippen molar-refractivity contribution in [2.24, 2.45) is 0 Å². The second kappa shape index (κ2) is 5.93. The lowest BCUT2D eigenvalue weighted by Gasteiger charge is -2.10. The van der Waals surface area contributed by atoms with E-state index in [4.69, 9.17) is 0 Å². The van der Waals surface area contributed by atoms with E-state index in [1.165, 1.54) is 16.7 Å². The Hall–Kier alpha value is -3.80. The Labute approximate surface area is 148 Å².